The molecule has 2 N–H and O–H groups in total. The maximum absolute atomic E-state index is 10.6. The zero-order valence-electron chi connectivity index (χ0n) is 11.3. The number of carbonyl (C=O) groups is 1. The summed E-state index contributed by atoms with van der Waals surface area (Å²) in [6.07, 6.45) is 2.61. The first-order valence-electron chi connectivity index (χ1n) is 6.22. The van der Waals surface area contributed by atoms with Gasteiger partial charge in [-0.05, 0) is 12.1 Å². The molecule has 0 aliphatic carbocycles. The number of carboxylic acid groups (broad SMARTS) is 1. The molecule has 1 aromatic carbocycles. The van der Waals surface area contributed by atoms with Crippen LogP contribution in [0.15, 0.2) is 35.6 Å². The average Bonchev–Trinajstić information content (AvgIpc) is 2.89. The Kier molecular flexibility index (Phi) is 4.47. The minimum atomic E-state index is -0.954. The SMILES string of the molecule is O=C(O)CCn1cc(/C=N\O)c(-c2ccc([N+](=O)[O-])cc2)n1. The summed E-state index contributed by atoms with van der Waals surface area (Å²) in [7, 11) is 0. The van der Waals surface area contributed by atoms with Gasteiger partial charge in [-0.2, -0.15) is 5.10 Å². The van der Waals surface area contributed by atoms with Crippen molar-refractivity contribution in [3.63, 3.8) is 0 Å². The number of oxime groups is 1. The first kappa shape index (κ1) is 15.2. The lowest BCUT2D eigenvalue weighted by molar-refractivity contribution is -0.384. The van der Waals surface area contributed by atoms with Crippen LogP contribution in [0.25, 0.3) is 11.3 Å². The number of hydrogen-bond acceptors (Lipinski definition) is 6. The number of hydrogen-bond donors (Lipinski definition) is 2. The number of aromatic nitrogens is 2. The van der Waals surface area contributed by atoms with Crippen LogP contribution in [-0.4, -0.2) is 37.2 Å². The van der Waals surface area contributed by atoms with Crippen molar-refractivity contribution in [2.45, 2.75) is 13.0 Å². The second-order valence-corrected chi connectivity index (χ2v) is 4.39. The third-order valence-corrected chi connectivity index (χ3v) is 2.89. The number of aryl methyl sites for hydroxylation is 1. The van der Waals surface area contributed by atoms with Crippen LogP contribution in [0, 0.1) is 10.1 Å². The first-order chi connectivity index (χ1) is 10.5. The Bertz CT molecular complexity index is 721. The largest absolute Gasteiger partial charge is 0.481 e. The van der Waals surface area contributed by atoms with Crippen molar-refractivity contribution >= 4 is 17.9 Å². The van der Waals surface area contributed by atoms with Crippen LogP contribution in [0.2, 0.25) is 0 Å². The maximum Gasteiger partial charge on any atom is 0.305 e. The Morgan fingerprint density at radius 2 is 2.09 bits per heavy atom. The molecule has 0 aliphatic rings. The van der Waals surface area contributed by atoms with Crippen molar-refractivity contribution < 1.29 is 20.0 Å². The molecule has 2 aromatic rings. The Labute approximate surface area is 124 Å². The topological polar surface area (TPSA) is 131 Å². The van der Waals surface area contributed by atoms with Crippen LogP contribution in [0.1, 0.15) is 12.0 Å². The molecule has 1 aromatic heterocycles. The summed E-state index contributed by atoms with van der Waals surface area (Å²) in [5.74, 6) is -0.954. The third kappa shape index (κ3) is 3.45. The van der Waals surface area contributed by atoms with Crippen LogP contribution in [0.4, 0.5) is 5.69 Å². The van der Waals surface area contributed by atoms with E-state index in [1.54, 1.807) is 6.20 Å². The smallest absolute Gasteiger partial charge is 0.305 e. The molecule has 0 atom stereocenters. The standard InChI is InChI=1S/C13H12N4O5/c18-12(19)5-6-16-8-10(7-14-20)13(15-16)9-1-3-11(4-2-9)17(21)22/h1-4,7-8,20H,5-6H2,(H,18,19)/b14-7-. The molecule has 0 fully saturated rings. The Hall–Kier alpha value is -3.23. The van der Waals surface area contributed by atoms with Gasteiger partial charge in [0.15, 0.2) is 0 Å². The summed E-state index contributed by atoms with van der Waals surface area (Å²) >= 11 is 0. The van der Waals surface area contributed by atoms with Crippen LogP contribution in [0.5, 0.6) is 0 Å². The fourth-order valence-electron chi connectivity index (χ4n) is 1.88. The molecular weight excluding hydrogens is 292 g/mol. The number of benzene rings is 1. The molecule has 9 heteroatoms. The molecule has 0 saturated carbocycles. The highest BCUT2D eigenvalue weighted by Crippen LogP contribution is 2.23. The summed E-state index contributed by atoms with van der Waals surface area (Å²) in [6, 6.07) is 5.73. The van der Waals surface area contributed by atoms with Gasteiger partial charge in [0.05, 0.1) is 24.1 Å². The molecule has 9 nitrogen and oxygen atoms in total. The molecule has 2 rings (SSSR count). The van der Waals surface area contributed by atoms with E-state index in [0.717, 1.165) is 0 Å². The van der Waals surface area contributed by atoms with Gasteiger partial charge in [0, 0.05) is 29.5 Å². The normalized spacial score (nSPS) is 10.9. The molecule has 0 saturated heterocycles. The monoisotopic (exact) mass is 304 g/mol. The number of rotatable bonds is 6. The summed E-state index contributed by atoms with van der Waals surface area (Å²) in [6.45, 7) is 0.161. The lowest BCUT2D eigenvalue weighted by Crippen LogP contribution is -2.04. The van der Waals surface area contributed by atoms with Gasteiger partial charge < -0.3 is 10.3 Å². The average molecular weight is 304 g/mol. The van der Waals surface area contributed by atoms with E-state index in [2.05, 4.69) is 10.3 Å². The van der Waals surface area contributed by atoms with E-state index in [4.69, 9.17) is 10.3 Å². The summed E-state index contributed by atoms with van der Waals surface area (Å²) in [4.78, 5) is 20.7. The van der Waals surface area contributed by atoms with Crippen LogP contribution in [-0.2, 0) is 11.3 Å². The van der Waals surface area contributed by atoms with E-state index >= 15 is 0 Å². The van der Waals surface area contributed by atoms with Crippen LogP contribution in [0.3, 0.4) is 0 Å². The second-order valence-electron chi connectivity index (χ2n) is 4.39. The van der Waals surface area contributed by atoms with E-state index in [0.29, 0.717) is 16.8 Å². The maximum atomic E-state index is 10.6. The van der Waals surface area contributed by atoms with E-state index in [1.807, 2.05) is 0 Å². The predicted octanol–water partition coefficient (Wildman–Crippen LogP) is 1.74. The van der Waals surface area contributed by atoms with Gasteiger partial charge in [-0.3, -0.25) is 19.6 Å². The Morgan fingerprint density at radius 1 is 1.41 bits per heavy atom. The molecule has 0 bridgehead atoms. The highest BCUT2D eigenvalue weighted by Gasteiger charge is 2.12. The van der Waals surface area contributed by atoms with Gasteiger partial charge in [0.1, 0.15) is 5.69 Å². The van der Waals surface area contributed by atoms with Crippen molar-refractivity contribution in [2.24, 2.45) is 5.16 Å². The van der Waals surface area contributed by atoms with Gasteiger partial charge in [-0.15, -0.1) is 0 Å². The van der Waals surface area contributed by atoms with E-state index in [9.17, 15) is 14.9 Å². The van der Waals surface area contributed by atoms with Gasteiger partial charge in [-0.25, -0.2) is 0 Å². The quantitative estimate of drug-likeness (QED) is 0.361. The minimum Gasteiger partial charge on any atom is -0.481 e. The number of nitro benzene ring substituents is 1. The highest BCUT2D eigenvalue weighted by molar-refractivity contribution is 5.88. The lowest BCUT2D eigenvalue weighted by atomic mass is 10.1. The molecular formula is C13H12N4O5. The van der Waals surface area contributed by atoms with Crippen molar-refractivity contribution in [3.8, 4) is 11.3 Å². The number of nitrogens with zero attached hydrogens (tertiary/aromatic N) is 4. The van der Waals surface area contributed by atoms with Crippen molar-refractivity contribution in [2.75, 3.05) is 0 Å². The first-order valence-corrected chi connectivity index (χ1v) is 6.22. The fraction of sp³-hybridized carbons (Fsp3) is 0.154. The number of non-ortho nitro benzene ring substituents is 1. The number of aliphatic carboxylic acids is 1. The van der Waals surface area contributed by atoms with Crippen LogP contribution >= 0.6 is 0 Å². The predicted molar refractivity (Wildman–Crippen MR) is 76.0 cm³/mol. The molecule has 0 aliphatic heterocycles. The number of carboxylic acids is 1. The Balaban J connectivity index is 2.35. The molecule has 0 amide bonds. The third-order valence-electron chi connectivity index (χ3n) is 2.89. The van der Waals surface area contributed by atoms with E-state index in [-0.39, 0.29) is 18.7 Å². The summed E-state index contributed by atoms with van der Waals surface area (Å²) in [5, 5.41) is 35.2. The summed E-state index contributed by atoms with van der Waals surface area (Å²) < 4.78 is 1.42. The second kappa shape index (κ2) is 6.48. The Morgan fingerprint density at radius 3 is 2.64 bits per heavy atom. The minimum absolute atomic E-state index is 0.0496. The molecule has 1 heterocycles. The zero-order valence-corrected chi connectivity index (χ0v) is 11.3. The lowest BCUT2D eigenvalue weighted by Gasteiger charge is -1.99. The van der Waals surface area contributed by atoms with Gasteiger partial charge in [0.25, 0.3) is 5.69 Å². The van der Waals surface area contributed by atoms with E-state index < -0.39 is 10.9 Å². The van der Waals surface area contributed by atoms with Gasteiger partial charge >= 0.3 is 5.97 Å². The van der Waals surface area contributed by atoms with Crippen LogP contribution < -0.4 is 0 Å². The van der Waals surface area contributed by atoms with Crippen molar-refractivity contribution in [1.82, 2.24) is 9.78 Å². The fourth-order valence-corrected chi connectivity index (χ4v) is 1.88. The molecule has 0 spiro atoms. The molecule has 22 heavy (non-hydrogen) atoms. The van der Waals surface area contributed by atoms with E-state index in [1.165, 1.54) is 35.2 Å². The van der Waals surface area contributed by atoms with Gasteiger partial charge in [0.2, 0.25) is 0 Å². The number of nitro groups is 1. The summed E-state index contributed by atoms with van der Waals surface area (Å²) in [5.41, 5.74) is 1.46. The van der Waals surface area contributed by atoms with Gasteiger partial charge in [-0.1, -0.05) is 5.16 Å². The van der Waals surface area contributed by atoms with Crippen molar-refractivity contribution in [3.05, 3.63) is 46.1 Å². The molecule has 0 radical (unpaired) electrons. The zero-order chi connectivity index (χ0) is 16.1. The molecule has 0 unspecified atom stereocenters. The molecule has 114 valence electrons. The van der Waals surface area contributed by atoms with Crippen molar-refractivity contribution in [1.29, 1.82) is 0 Å². The highest BCUT2D eigenvalue weighted by atomic mass is 16.6.